The van der Waals surface area contributed by atoms with Crippen LogP contribution in [0.25, 0.3) is 0 Å². The van der Waals surface area contributed by atoms with Crippen molar-refractivity contribution in [3.63, 3.8) is 0 Å². The zero-order valence-corrected chi connectivity index (χ0v) is 12.9. The number of hydrogen-bond acceptors (Lipinski definition) is 1. The molecule has 1 atom stereocenters. The van der Waals surface area contributed by atoms with Crippen LogP contribution in [-0.4, -0.2) is 37.0 Å². The smallest absolute Gasteiger partial charge is 0.0784 e. The summed E-state index contributed by atoms with van der Waals surface area (Å²) in [6.45, 7) is 13.6. The van der Waals surface area contributed by atoms with Gasteiger partial charge < -0.3 is 0 Å². The maximum atomic E-state index is 12.2. The van der Waals surface area contributed by atoms with E-state index >= 15 is 0 Å². The highest BCUT2D eigenvalue weighted by Gasteiger charge is 2.20. The lowest BCUT2D eigenvalue weighted by Crippen LogP contribution is -2.36. The molecule has 0 aliphatic heterocycles. The number of rotatable bonds is 3. The standard InChI is InChI=1S/C9H24OSSi2/c1-11(10,8-12(2,3)4)9-13(5,6)7/h8H,9H2,1-7H3. The molecule has 0 aromatic rings. The molecule has 0 aliphatic rings. The predicted molar refractivity (Wildman–Crippen MR) is 71.7 cm³/mol. The molecule has 0 bridgehead atoms. The molecule has 1 unspecified atom stereocenters. The zero-order valence-electron chi connectivity index (χ0n) is 10.1. The fourth-order valence-corrected chi connectivity index (χ4v) is 15.6. The molecule has 4 heteroatoms. The van der Waals surface area contributed by atoms with E-state index in [1.165, 1.54) is 0 Å². The van der Waals surface area contributed by atoms with Crippen molar-refractivity contribution >= 4 is 30.7 Å². The molecule has 80 valence electrons. The summed E-state index contributed by atoms with van der Waals surface area (Å²) in [5.41, 5.74) is 0. The summed E-state index contributed by atoms with van der Waals surface area (Å²) >= 11 is 0. The normalized spacial score (nSPS) is 18.1. The van der Waals surface area contributed by atoms with E-state index in [1.54, 1.807) is 0 Å². The van der Waals surface area contributed by atoms with Gasteiger partial charge in [-0.1, -0.05) is 39.3 Å². The van der Waals surface area contributed by atoms with Crippen molar-refractivity contribution in [3.8, 4) is 0 Å². The van der Waals surface area contributed by atoms with Crippen LogP contribution < -0.4 is 0 Å². The Balaban J connectivity index is 4.80. The van der Waals surface area contributed by atoms with Crippen LogP contribution in [0.3, 0.4) is 0 Å². The molecule has 0 N–H and O–H groups in total. The van der Waals surface area contributed by atoms with E-state index < -0.39 is 25.7 Å². The minimum absolute atomic E-state index is 0.949. The zero-order chi connectivity index (χ0) is 10.9. The van der Waals surface area contributed by atoms with E-state index in [0.29, 0.717) is 0 Å². The summed E-state index contributed by atoms with van der Waals surface area (Å²) in [7, 11) is -4.10. The van der Waals surface area contributed by atoms with Gasteiger partial charge in [-0.2, -0.15) is 0 Å². The molecule has 0 fully saturated rings. The van der Waals surface area contributed by atoms with Crippen molar-refractivity contribution in [3.05, 3.63) is 0 Å². The molecule has 0 aliphatic carbocycles. The van der Waals surface area contributed by atoms with Gasteiger partial charge in [-0.05, 0) is 14.5 Å². The van der Waals surface area contributed by atoms with Crippen LogP contribution in [0.1, 0.15) is 0 Å². The van der Waals surface area contributed by atoms with Gasteiger partial charge in [0.1, 0.15) is 0 Å². The molecule has 0 aromatic carbocycles. The molecular weight excluding hydrogens is 212 g/mol. The fourth-order valence-electron chi connectivity index (χ4n) is 1.65. The van der Waals surface area contributed by atoms with E-state index in [-0.39, 0.29) is 0 Å². The molecule has 13 heavy (non-hydrogen) atoms. The molecule has 0 heterocycles. The van der Waals surface area contributed by atoms with Crippen molar-refractivity contribution in [2.24, 2.45) is 0 Å². The van der Waals surface area contributed by atoms with Gasteiger partial charge in [0.25, 0.3) is 0 Å². The van der Waals surface area contributed by atoms with Crippen LogP contribution in [0.5, 0.6) is 0 Å². The topological polar surface area (TPSA) is 17.1 Å². The maximum Gasteiger partial charge on any atom is 0.0784 e. The van der Waals surface area contributed by atoms with Crippen LogP contribution in [0, 0.1) is 0 Å². The van der Waals surface area contributed by atoms with E-state index in [4.69, 9.17) is 0 Å². The first kappa shape index (κ1) is 13.5. The van der Waals surface area contributed by atoms with E-state index in [9.17, 15) is 4.21 Å². The first-order valence-electron chi connectivity index (χ1n) is 4.74. The third-order valence-corrected chi connectivity index (χ3v) is 11.9. The van der Waals surface area contributed by atoms with E-state index in [0.717, 1.165) is 5.38 Å². The van der Waals surface area contributed by atoms with Gasteiger partial charge in [0.05, 0.1) is 16.1 Å². The largest absolute Gasteiger partial charge is 0.269 e. The second-order valence-corrected chi connectivity index (χ2v) is 20.4. The Hall–Kier alpha value is 0.454. The Bertz CT molecular complexity index is 275. The van der Waals surface area contributed by atoms with Crippen LogP contribution in [0.15, 0.2) is 0 Å². The summed E-state index contributed by atoms with van der Waals surface area (Å²) < 4.78 is 12.2. The fraction of sp³-hybridized carbons (Fsp3) is 0.889. The van der Waals surface area contributed by atoms with Crippen molar-refractivity contribution in [2.75, 3.05) is 11.6 Å². The SMILES string of the molecule is C[Si](C)(C)C=S(C)(=O)C[Si](C)(C)C. The summed E-state index contributed by atoms with van der Waals surface area (Å²) in [6.07, 6.45) is 1.93. The summed E-state index contributed by atoms with van der Waals surface area (Å²) in [5, 5.41) is 0.949. The van der Waals surface area contributed by atoms with Gasteiger partial charge in [0.15, 0.2) is 0 Å². The van der Waals surface area contributed by atoms with Crippen molar-refractivity contribution in [1.29, 1.82) is 0 Å². The van der Waals surface area contributed by atoms with Crippen LogP contribution in [0.4, 0.5) is 0 Å². The predicted octanol–water partition coefficient (Wildman–Crippen LogP) is 2.46. The summed E-state index contributed by atoms with van der Waals surface area (Å²) in [4.78, 5) is 2.18. The molecule has 0 amide bonds. The van der Waals surface area contributed by atoms with Crippen molar-refractivity contribution < 1.29 is 4.21 Å². The second kappa shape index (κ2) is 3.91. The second-order valence-electron chi connectivity index (χ2n) is 6.26. The minimum Gasteiger partial charge on any atom is -0.269 e. The first-order chi connectivity index (χ1) is 5.41. The minimum atomic E-state index is -1.65. The van der Waals surface area contributed by atoms with Crippen molar-refractivity contribution in [2.45, 2.75) is 39.3 Å². The molecule has 0 spiro atoms. The Labute approximate surface area is 86.0 Å². The van der Waals surface area contributed by atoms with Gasteiger partial charge in [-0.15, -0.1) is 0 Å². The average Bonchev–Trinajstić information content (AvgIpc) is 1.43. The molecule has 0 aromatic heterocycles. The average molecular weight is 237 g/mol. The van der Waals surface area contributed by atoms with Gasteiger partial charge in [-0.3, -0.25) is 4.21 Å². The molecule has 0 radical (unpaired) electrons. The Morgan fingerprint density at radius 1 is 1.08 bits per heavy atom. The summed E-state index contributed by atoms with van der Waals surface area (Å²) in [5.74, 6) is 0. The summed E-state index contributed by atoms with van der Waals surface area (Å²) in [6, 6.07) is 0. The maximum absolute atomic E-state index is 12.2. The lowest BCUT2D eigenvalue weighted by Gasteiger charge is -2.20. The molecule has 0 saturated heterocycles. The Morgan fingerprint density at radius 2 is 1.46 bits per heavy atom. The molecule has 0 rings (SSSR count). The Morgan fingerprint density at radius 3 is 1.69 bits per heavy atom. The first-order valence-corrected chi connectivity index (χ1v) is 14.2. The third-order valence-electron chi connectivity index (χ3n) is 1.32. The highest BCUT2D eigenvalue weighted by molar-refractivity contribution is 8.04. The lowest BCUT2D eigenvalue weighted by molar-refractivity contribution is 0.687. The molecule has 1 nitrogen and oxygen atoms in total. The monoisotopic (exact) mass is 236 g/mol. The number of hydrogen-bond donors (Lipinski definition) is 0. The van der Waals surface area contributed by atoms with Gasteiger partial charge in [0, 0.05) is 11.6 Å². The highest BCUT2D eigenvalue weighted by atomic mass is 32.2. The van der Waals surface area contributed by atoms with Gasteiger partial charge >= 0.3 is 0 Å². The quantitative estimate of drug-likeness (QED) is 0.543. The Kier molecular flexibility index (Phi) is 4.04. The van der Waals surface area contributed by atoms with Gasteiger partial charge in [-0.25, -0.2) is 0 Å². The molecule has 0 saturated carbocycles. The van der Waals surface area contributed by atoms with Crippen LogP contribution in [-0.2, 0) is 9.52 Å². The van der Waals surface area contributed by atoms with Gasteiger partial charge in [0.2, 0.25) is 0 Å². The van der Waals surface area contributed by atoms with Crippen LogP contribution >= 0.6 is 0 Å². The van der Waals surface area contributed by atoms with Crippen LogP contribution in [0.2, 0.25) is 39.3 Å². The highest BCUT2D eigenvalue weighted by Crippen LogP contribution is 2.07. The van der Waals surface area contributed by atoms with Crippen molar-refractivity contribution in [1.82, 2.24) is 0 Å². The van der Waals surface area contributed by atoms with E-state index in [2.05, 4.69) is 44.3 Å². The lowest BCUT2D eigenvalue weighted by atomic mass is 11.7. The third kappa shape index (κ3) is 8.77. The molecular formula is C9H24OSSi2. The van der Waals surface area contributed by atoms with E-state index in [1.807, 2.05) is 6.26 Å².